The molecule has 21 heavy (non-hydrogen) atoms. The molecule has 0 aromatic heterocycles. The minimum Gasteiger partial charge on any atom is -0.508 e. The highest BCUT2D eigenvalue weighted by atomic mass is 16.7. The first-order valence-electron chi connectivity index (χ1n) is 6.53. The van der Waals surface area contributed by atoms with E-state index in [2.05, 4.69) is 0 Å². The molecule has 2 heterocycles. The summed E-state index contributed by atoms with van der Waals surface area (Å²) in [5.41, 5.74) is 3.05. The smallest absolute Gasteiger partial charge is 0.289 e. The fourth-order valence-corrected chi connectivity index (χ4v) is 2.73. The maximum atomic E-state index is 9.92. The number of hydrogen-bond donors (Lipinski definition) is 3. The van der Waals surface area contributed by atoms with E-state index in [1.54, 1.807) is 18.2 Å². The van der Waals surface area contributed by atoms with E-state index in [1.165, 1.54) is 12.1 Å². The lowest BCUT2D eigenvalue weighted by molar-refractivity contribution is 0.0882. The molecule has 0 amide bonds. The van der Waals surface area contributed by atoms with Crippen molar-refractivity contribution in [3.8, 4) is 23.0 Å². The van der Waals surface area contributed by atoms with Crippen molar-refractivity contribution in [2.24, 2.45) is 0 Å². The zero-order chi connectivity index (χ0) is 14.6. The molecular weight excluding hydrogens is 272 g/mol. The van der Waals surface area contributed by atoms with E-state index in [9.17, 15) is 15.3 Å². The van der Waals surface area contributed by atoms with Gasteiger partial charge in [-0.1, -0.05) is 6.07 Å². The lowest BCUT2D eigenvalue weighted by Gasteiger charge is -2.28. The molecule has 106 valence electrons. The van der Waals surface area contributed by atoms with Crippen LogP contribution < -0.4 is 4.74 Å². The Balaban J connectivity index is 1.86. The number of rotatable bonds is 0. The average Bonchev–Trinajstić information content (AvgIpc) is 2.45. The molecule has 0 atom stereocenters. The molecule has 0 bridgehead atoms. The van der Waals surface area contributed by atoms with E-state index in [-0.39, 0.29) is 23.9 Å². The van der Waals surface area contributed by atoms with Gasteiger partial charge in [-0.15, -0.1) is 0 Å². The van der Waals surface area contributed by atoms with E-state index >= 15 is 0 Å². The average molecular weight is 284 g/mol. The third-order valence-corrected chi connectivity index (χ3v) is 3.75. The second-order valence-electron chi connectivity index (χ2n) is 5.12. The van der Waals surface area contributed by atoms with Gasteiger partial charge >= 0.3 is 0 Å². The topological polar surface area (TPSA) is 79.2 Å². The maximum Gasteiger partial charge on any atom is 0.289 e. The maximum absolute atomic E-state index is 9.92. The summed E-state index contributed by atoms with van der Waals surface area (Å²) < 4.78 is 11.2. The first-order chi connectivity index (χ1) is 10.1. The summed E-state index contributed by atoms with van der Waals surface area (Å²) in [7, 11) is 0. The van der Waals surface area contributed by atoms with Crippen LogP contribution in [0, 0.1) is 0 Å². The van der Waals surface area contributed by atoms with E-state index in [0.717, 1.165) is 16.7 Å². The standard InChI is InChI=1S/C16H12O5/c17-9-2-1-8-3-12-11-4-10(18)5-14(19)13(11)7-20-16(12)21-15(8)6-9/h1-2,4-6,17-19H,3,7H2. The number of phenolic OH excluding ortho intramolecular Hbond substituents is 3. The zero-order valence-corrected chi connectivity index (χ0v) is 11.0. The fourth-order valence-electron chi connectivity index (χ4n) is 2.73. The van der Waals surface area contributed by atoms with E-state index < -0.39 is 0 Å². The van der Waals surface area contributed by atoms with Crippen LogP contribution in [-0.2, 0) is 17.8 Å². The van der Waals surface area contributed by atoms with Crippen molar-refractivity contribution >= 4 is 5.57 Å². The van der Waals surface area contributed by atoms with Gasteiger partial charge in [0.25, 0.3) is 5.95 Å². The van der Waals surface area contributed by atoms with Gasteiger partial charge in [0.15, 0.2) is 0 Å². The molecule has 0 radical (unpaired) electrons. The number of ether oxygens (including phenoxy) is 2. The molecule has 4 rings (SSSR count). The molecule has 2 aromatic rings. The third kappa shape index (κ3) is 1.78. The third-order valence-electron chi connectivity index (χ3n) is 3.75. The summed E-state index contributed by atoms with van der Waals surface area (Å²) >= 11 is 0. The predicted molar refractivity (Wildman–Crippen MR) is 73.9 cm³/mol. The molecule has 0 saturated carbocycles. The van der Waals surface area contributed by atoms with Gasteiger partial charge in [0.1, 0.15) is 29.6 Å². The Morgan fingerprint density at radius 2 is 1.81 bits per heavy atom. The number of allylic oxidation sites excluding steroid dienone is 1. The summed E-state index contributed by atoms with van der Waals surface area (Å²) in [5.74, 6) is 1.04. The van der Waals surface area contributed by atoms with Gasteiger partial charge in [-0.2, -0.15) is 0 Å². The second-order valence-corrected chi connectivity index (χ2v) is 5.12. The number of phenols is 3. The molecule has 5 heteroatoms. The van der Waals surface area contributed by atoms with Gasteiger partial charge in [-0.25, -0.2) is 0 Å². The number of hydrogen-bond acceptors (Lipinski definition) is 5. The fraction of sp³-hybridized carbons (Fsp3) is 0.125. The van der Waals surface area contributed by atoms with Crippen molar-refractivity contribution in [3.63, 3.8) is 0 Å². The summed E-state index contributed by atoms with van der Waals surface area (Å²) in [5, 5.41) is 29.1. The van der Waals surface area contributed by atoms with Crippen LogP contribution in [0.4, 0.5) is 0 Å². The Hall–Kier alpha value is -2.82. The van der Waals surface area contributed by atoms with E-state index in [1.807, 2.05) is 0 Å². The Labute approximate surface area is 120 Å². The molecule has 2 aliphatic rings. The number of benzene rings is 2. The zero-order valence-electron chi connectivity index (χ0n) is 11.0. The second kappa shape index (κ2) is 4.09. The highest BCUT2D eigenvalue weighted by molar-refractivity contribution is 5.77. The van der Waals surface area contributed by atoms with Crippen molar-refractivity contribution in [3.05, 3.63) is 53.0 Å². The first kappa shape index (κ1) is 12.0. The summed E-state index contributed by atoms with van der Waals surface area (Å²) in [6.07, 6.45) is 0.542. The van der Waals surface area contributed by atoms with Crippen molar-refractivity contribution < 1.29 is 24.8 Å². The Morgan fingerprint density at radius 3 is 2.67 bits per heavy atom. The molecule has 2 aliphatic heterocycles. The molecule has 0 spiro atoms. The lowest BCUT2D eigenvalue weighted by atomic mass is 9.91. The molecule has 0 fully saturated rings. The minimum atomic E-state index is -0.00324. The van der Waals surface area contributed by atoms with Crippen molar-refractivity contribution in [1.82, 2.24) is 0 Å². The molecule has 0 unspecified atom stereocenters. The SMILES string of the molecule is Oc1ccc2c(c1)OC1=C(C2)c2cc(O)cc(O)c2CO1. The van der Waals surface area contributed by atoms with Gasteiger partial charge < -0.3 is 24.8 Å². The Bertz CT molecular complexity index is 791. The molecular formula is C16H12O5. The van der Waals surface area contributed by atoms with Gasteiger partial charge in [-0.05, 0) is 23.3 Å². The van der Waals surface area contributed by atoms with Gasteiger partial charge in [-0.3, -0.25) is 0 Å². The van der Waals surface area contributed by atoms with Crippen LogP contribution >= 0.6 is 0 Å². The largest absolute Gasteiger partial charge is 0.508 e. The first-order valence-corrected chi connectivity index (χ1v) is 6.53. The van der Waals surface area contributed by atoms with Crippen LogP contribution in [0.15, 0.2) is 36.3 Å². The minimum absolute atomic E-state index is 0.00324. The van der Waals surface area contributed by atoms with E-state index in [0.29, 0.717) is 23.7 Å². The molecule has 0 saturated heterocycles. The molecule has 5 nitrogen and oxygen atoms in total. The Kier molecular flexibility index (Phi) is 2.33. The number of aromatic hydroxyl groups is 3. The van der Waals surface area contributed by atoms with E-state index in [4.69, 9.17) is 9.47 Å². The van der Waals surface area contributed by atoms with Gasteiger partial charge in [0.05, 0.1) is 0 Å². The summed E-state index contributed by atoms with van der Waals surface area (Å²) in [4.78, 5) is 0. The highest BCUT2D eigenvalue weighted by Gasteiger charge is 2.29. The Morgan fingerprint density at radius 1 is 0.952 bits per heavy atom. The summed E-state index contributed by atoms with van der Waals surface area (Å²) in [6.45, 7) is 0.175. The quantitative estimate of drug-likeness (QED) is 0.693. The van der Waals surface area contributed by atoms with Crippen molar-refractivity contribution in [1.29, 1.82) is 0 Å². The highest BCUT2D eigenvalue weighted by Crippen LogP contribution is 2.43. The predicted octanol–water partition coefficient (Wildman–Crippen LogP) is 2.64. The molecule has 3 N–H and O–H groups in total. The lowest BCUT2D eigenvalue weighted by Crippen LogP contribution is -2.17. The molecule has 0 aliphatic carbocycles. The number of fused-ring (bicyclic) bond motifs is 3. The van der Waals surface area contributed by atoms with Crippen molar-refractivity contribution in [2.75, 3.05) is 0 Å². The van der Waals surface area contributed by atoms with Crippen LogP contribution in [0.25, 0.3) is 5.57 Å². The van der Waals surface area contributed by atoms with Crippen molar-refractivity contribution in [2.45, 2.75) is 13.0 Å². The van der Waals surface area contributed by atoms with Crippen LogP contribution in [0.3, 0.4) is 0 Å². The van der Waals surface area contributed by atoms with Crippen LogP contribution in [0.2, 0.25) is 0 Å². The summed E-state index contributed by atoms with van der Waals surface area (Å²) in [6, 6.07) is 7.81. The van der Waals surface area contributed by atoms with Crippen LogP contribution in [-0.4, -0.2) is 15.3 Å². The monoisotopic (exact) mass is 284 g/mol. The molecule has 2 aromatic carbocycles. The van der Waals surface area contributed by atoms with Gasteiger partial charge in [0.2, 0.25) is 0 Å². The van der Waals surface area contributed by atoms with Crippen LogP contribution in [0.1, 0.15) is 16.7 Å². The normalized spacial score (nSPS) is 15.4. The van der Waals surface area contributed by atoms with Crippen LogP contribution in [0.5, 0.6) is 23.0 Å². The van der Waals surface area contributed by atoms with Gasteiger partial charge in [0, 0.05) is 29.7 Å².